The van der Waals surface area contributed by atoms with Crippen molar-refractivity contribution in [1.82, 2.24) is 10.2 Å². The van der Waals surface area contributed by atoms with Crippen LogP contribution in [-0.2, 0) is 32.6 Å². The minimum atomic E-state index is -4.22. The fraction of sp³-hybridized carbons (Fsp3) is 0.200. The SMILES string of the molecule is Cc1ccc(S(=O)(=O)N(CC(=O)N(Cc2ccccc2)[C@@H](Cc2ccccc2)C(=O)NC(C)C)c2ccc(Oc3ccccc3)cc2)cc1. The van der Waals surface area contributed by atoms with Crippen LogP contribution in [0.2, 0.25) is 0 Å². The van der Waals surface area contributed by atoms with Crippen LogP contribution in [0.3, 0.4) is 0 Å². The number of carbonyl (C=O) groups excluding carboxylic acids is 2. The lowest BCUT2D eigenvalue weighted by atomic mass is 10.0. The Labute approximate surface area is 289 Å². The van der Waals surface area contributed by atoms with E-state index in [1.54, 1.807) is 36.4 Å². The van der Waals surface area contributed by atoms with Gasteiger partial charge in [-0.2, -0.15) is 0 Å². The number of rotatable bonds is 14. The van der Waals surface area contributed by atoms with E-state index in [-0.39, 0.29) is 35.5 Å². The van der Waals surface area contributed by atoms with E-state index in [1.807, 2.05) is 112 Å². The highest BCUT2D eigenvalue weighted by atomic mass is 32.2. The monoisotopic (exact) mass is 675 g/mol. The number of hydrogen-bond acceptors (Lipinski definition) is 5. The van der Waals surface area contributed by atoms with Gasteiger partial charge in [0, 0.05) is 19.0 Å². The quantitative estimate of drug-likeness (QED) is 0.135. The Hall–Kier alpha value is -5.41. The molecule has 0 heterocycles. The molecule has 0 saturated heterocycles. The summed E-state index contributed by atoms with van der Waals surface area (Å²) in [4.78, 5) is 30.0. The van der Waals surface area contributed by atoms with Gasteiger partial charge >= 0.3 is 0 Å². The first-order valence-electron chi connectivity index (χ1n) is 16.2. The van der Waals surface area contributed by atoms with Gasteiger partial charge in [-0.3, -0.25) is 13.9 Å². The molecule has 0 aliphatic rings. The highest BCUT2D eigenvalue weighted by Crippen LogP contribution is 2.29. The molecule has 1 atom stereocenters. The molecule has 49 heavy (non-hydrogen) atoms. The number of nitrogens with one attached hydrogen (secondary N) is 1. The molecule has 0 aliphatic heterocycles. The van der Waals surface area contributed by atoms with E-state index >= 15 is 0 Å². The van der Waals surface area contributed by atoms with Crippen molar-refractivity contribution >= 4 is 27.5 Å². The molecule has 5 aromatic rings. The highest BCUT2D eigenvalue weighted by Gasteiger charge is 2.34. The second-order valence-corrected chi connectivity index (χ2v) is 14.0. The third kappa shape index (κ3) is 9.36. The topological polar surface area (TPSA) is 96.0 Å². The van der Waals surface area contributed by atoms with Gasteiger partial charge in [-0.25, -0.2) is 8.42 Å². The number of amides is 2. The summed E-state index contributed by atoms with van der Waals surface area (Å²) in [7, 11) is -4.22. The molecule has 252 valence electrons. The van der Waals surface area contributed by atoms with Crippen molar-refractivity contribution in [3.8, 4) is 11.5 Å². The molecule has 0 fully saturated rings. The Morgan fingerprint density at radius 3 is 1.80 bits per heavy atom. The summed E-state index contributed by atoms with van der Waals surface area (Å²) in [5.74, 6) is 0.297. The van der Waals surface area contributed by atoms with Gasteiger partial charge in [0.25, 0.3) is 10.0 Å². The Morgan fingerprint density at radius 1 is 0.694 bits per heavy atom. The average Bonchev–Trinajstić information content (AvgIpc) is 3.10. The van der Waals surface area contributed by atoms with Crippen LogP contribution in [0.25, 0.3) is 0 Å². The third-order valence-corrected chi connectivity index (χ3v) is 9.68. The van der Waals surface area contributed by atoms with Gasteiger partial charge in [-0.05, 0) is 80.4 Å². The maximum Gasteiger partial charge on any atom is 0.264 e. The van der Waals surface area contributed by atoms with Crippen molar-refractivity contribution in [3.63, 3.8) is 0 Å². The van der Waals surface area contributed by atoms with Gasteiger partial charge in [0.1, 0.15) is 24.1 Å². The van der Waals surface area contributed by atoms with Crippen LogP contribution in [0.15, 0.2) is 144 Å². The number of para-hydroxylation sites is 1. The molecule has 8 nitrogen and oxygen atoms in total. The first kappa shape index (κ1) is 34.9. The summed E-state index contributed by atoms with van der Waals surface area (Å²) in [6.45, 7) is 5.16. The molecule has 5 aromatic carbocycles. The first-order chi connectivity index (χ1) is 23.6. The number of hydrogen-bond donors (Lipinski definition) is 1. The second kappa shape index (κ2) is 16.1. The lowest BCUT2D eigenvalue weighted by molar-refractivity contribution is -0.140. The number of sulfonamides is 1. The zero-order valence-corrected chi connectivity index (χ0v) is 28.7. The van der Waals surface area contributed by atoms with Crippen LogP contribution in [0.5, 0.6) is 11.5 Å². The fourth-order valence-electron chi connectivity index (χ4n) is 5.39. The van der Waals surface area contributed by atoms with Gasteiger partial charge in [0.05, 0.1) is 10.6 Å². The van der Waals surface area contributed by atoms with Gasteiger partial charge in [-0.15, -0.1) is 0 Å². The normalized spacial score (nSPS) is 11.8. The Kier molecular flexibility index (Phi) is 11.5. The van der Waals surface area contributed by atoms with E-state index in [0.29, 0.717) is 11.5 Å². The van der Waals surface area contributed by atoms with Crippen molar-refractivity contribution in [3.05, 3.63) is 156 Å². The summed E-state index contributed by atoms with van der Waals surface area (Å²) >= 11 is 0. The summed E-state index contributed by atoms with van der Waals surface area (Å²) < 4.78 is 35.7. The first-order valence-corrected chi connectivity index (χ1v) is 17.6. The predicted molar refractivity (Wildman–Crippen MR) is 193 cm³/mol. The summed E-state index contributed by atoms with van der Waals surface area (Å²) in [5, 5.41) is 2.98. The molecule has 1 N–H and O–H groups in total. The van der Waals surface area contributed by atoms with Crippen LogP contribution < -0.4 is 14.4 Å². The molecule has 0 unspecified atom stereocenters. The summed E-state index contributed by atoms with van der Waals surface area (Å²) in [6, 6.07) is 40.1. The van der Waals surface area contributed by atoms with E-state index in [2.05, 4.69) is 5.32 Å². The molecule has 0 aliphatic carbocycles. The predicted octanol–water partition coefficient (Wildman–Crippen LogP) is 7.15. The van der Waals surface area contributed by atoms with E-state index in [0.717, 1.165) is 21.0 Å². The minimum absolute atomic E-state index is 0.0449. The van der Waals surface area contributed by atoms with Gasteiger partial charge in [0.15, 0.2) is 0 Å². The van der Waals surface area contributed by atoms with Gasteiger partial charge in [-0.1, -0.05) is 96.6 Å². The molecule has 9 heteroatoms. The van der Waals surface area contributed by atoms with E-state index in [1.165, 1.54) is 17.0 Å². The smallest absolute Gasteiger partial charge is 0.264 e. The second-order valence-electron chi connectivity index (χ2n) is 12.1. The van der Waals surface area contributed by atoms with Crippen molar-refractivity contribution in [2.45, 2.75) is 50.7 Å². The third-order valence-electron chi connectivity index (χ3n) is 7.89. The number of benzene rings is 5. The molecular formula is C40H41N3O5S. The van der Waals surface area contributed by atoms with E-state index < -0.39 is 28.5 Å². The Morgan fingerprint density at radius 2 is 1.22 bits per heavy atom. The van der Waals surface area contributed by atoms with Crippen LogP contribution in [-0.4, -0.2) is 43.8 Å². The van der Waals surface area contributed by atoms with Crippen LogP contribution >= 0.6 is 0 Å². The lowest BCUT2D eigenvalue weighted by Gasteiger charge is -2.34. The largest absolute Gasteiger partial charge is 0.457 e. The number of anilines is 1. The molecular weight excluding hydrogens is 635 g/mol. The van der Waals surface area contributed by atoms with Crippen molar-refractivity contribution < 1.29 is 22.7 Å². The number of nitrogens with zero attached hydrogens (tertiary/aromatic N) is 2. The zero-order valence-electron chi connectivity index (χ0n) is 27.9. The highest BCUT2D eigenvalue weighted by molar-refractivity contribution is 7.92. The zero-order chi connectivity index (χ0) is 34.8. The van der Waals surface area contributed by atoms with Gasteiger partial charge < -0.3 is 15.0 Å². The molecule has 2 amide bonds. The number of carbonyl (C=O) groups is 2. The van der Waals surface area contributed by atoms with E-state index in [4.69, 9.17) is 4.74 Å². The maximum atomic E-state index is 14.6. The van der Waals surface area contributed by atoms with Crippen molar-refractivity contribution in [1.29, 1.82) is 0 Å². The standard InChI is InChI=1S/C40H41N3O5S/c1-30(2)41-40(45)38(27-32-13-7-4-8-14-32)42(28-33-15-9-5-10-16-33)39(44)29-43(49(46,47)37-25-19-31(3)20-26-37)34-21-23-36(24-22-34)48-35-17-11-6-12-18-35/h4-26,30,38H,27-29H2,1-3H3,(H,41,45)/t38-/m0/s1. The molecule has 0 bridgehead atoms. The van der Waals surface area contributed by atoms with Crippen LogP contribution in [0.4, 0.5) is 5.69 Å². The van der Waals surface area contributed by atoms with Gasteiger partial charge in [0.2, 0.25) is 11.8 Å². The summed E-state index contributed by atoms with van der Waals surface area (Å²) in [6.07, 6.45) is 0.244. The maximum absolute atomic E-state index is 14.6. The lowest BCUT2D eigenvalue weighted by Crippen LogP contribution is -2.54. The number of ether oxygens (including phenoxy) is 1. The Balaban J connectivity index is 1.55. The number of aryl methyl sites for hydroxylation is 1. The van der Waals surface area contributed by atoms with Crippen LogP contribution in [0, 0.1) is 6.92 Å². The average molecular weight is 676 g/mol. The van der Waals surface area contributed by atoms with E-state index in [9.17, 15) is 18.0 Å². The molecule has 5 rings (SSSR count). The van der Waals surface area contributed by atoms with Crippen LogP contribution in [0.1, 0.15) is 30.5 Å². The molecule has 0 saturated carbocycles. The Bertz CT molecular complexity index is 1920. The van der Waals surface area contributed by atoms with Crippen molar-refractivity contribution in [2.24, 2.45) is 0 Å². The summed E-state index contributed by atoms with van der Waals surface area (Å²) in [5.41, 5.74) is 2.86. The fourth-order valence-corrected chi connectivity index (χ4v) is 6.80. The minimum Gasteiger partial charge on any atom is -0.457 e. The molecule has 0 aromatic heterocycles. The van der Waals surface area contributed by atoms with Crippen molar-refractivity contribution in [2.75, 3.05) is 10.8 Å². The molecule has 0 spiro atoms. The molecule has 0 radical (unpaired) electrons.